The Balaban J connectivity index is 3.17. The summed E-state index contributed by atoms with van der Waals surface area (Å²) < 4.78 is 37.6. The molecule has 0 saturated carbocycles. The summed E-state index contributed by atoms with van der Waals surface area (Å²) in [5.41, 5.74) is 6.02. The fraction of sp³-hybridized carbons (Fsp3) is 0.100. The van der Waals surface area contributed by atoms with Crippen molar-refractivity contribution >= 4 is 44.8 Å². The molecule has 0 aliphatic rings. The van der Waals surface area contributed by atoms with Crippen LogP contribution in [0.15, 0.2) is 21.7 Å². The number of nitrogens with one attached hydrogen (secondary N) is 2. The molecule has 0 saturated heterocycles. The number of alkyl halides is 3. The zero-order valence-electron chi connectivity index (χ0n) is 9.52. The van der Waals surface area contributed by atoms with Crippen molar-refractivity contribution in [1.82, 2.24) is 0 Å². The number of hydrogen-bond donors (Lipinski definition) is 3. The van der Waals surface area contributed by atoms with Gasteiger partial charge < -0.3 is 5.73 Å². The van der Waals surface area contributed by atoms with Crippen molar-refractivity contribution in [2.24, 2.45) is 10.8 Å². The van der Waals surface area contributed by atoms with Crippen molar-refractivity contribution in [2.45, 2.75) is 6.18 Å². The van der Waals surface area contributed by atoms with Gasteiger partial charge in [0.1, 0.15) is 6.07 Å². The lowest BCUT2D eigenvalue weighted by Crippen LogP contribution is -2.22. The highest BCUT2D eigenvalue weighted by Gasteiger charge is 2.31. The van der Waals surface area contributed by atoms with Crippen LogP contribution in [-0.4, -0.2) is 11.5 Å². The van der Waals surface area contributed by atoms with E-state index in [1.807, 2.05) is 0 Å². The quantitative estimate of drug-likeness (QED) is 0.433. The molecule has 0 aliphatic carbocycles. The Morgan fingerprint density at radius 2 is 2.10 bits per heavy atom. The highest BCUT2D eigenvalue weighted by Crippen LogP contribution is 2.38. The summed E-state index contributed by atoms with van der Waals surface area (Å²) in [5, 5.41) is 18.9. The van der Waals surface area contributed by atoms with Crippen LogP contribution in [0.2, 0.25) is 5.02 Å². The minimum absolute atomic E-state index is 0.00177. The van der Waals surface area contributed by atoms with Gasteiger partial charge in [-0.2, -0.15) is 23.5 Å². The Morgan fingerprint density at radius 1 is 1.50 bits per heavy atom. The maximum absolute atomic E-state index is 12.5. The van der Waals surface area contributed by atoms with Crippen LogP contribution in [0, 0.1) is 16.7 Å². The number of halogens is 5. The van der Waals surface area contributed by atoms with Crippen LogP contribution in [0.5, 0.6) is 0 Å². The van der Waals surface area contributed by atoms with E-state index in [4.69, 9.17) is 28.0 Å². The van der Waals surface area contributed by atoms with Gasteiger partial charge in [0.15, 0.2) is 5.84 Å². The number of hydrogen-bond acceptors (Lipinski definition) is 4. The van der Waals surface area contributed by atoms with Crippen molar-refractivity contribution in [2.75, 3.05) is 5.43 Å². The molecule has 0 fully saturated rings. The number of amidine groups is 1. The summed E-state index contributed by atoms with van der Waals surface area (Å²) in [5.74, 6) is -0.584. The van der Waals surface area contributed by atoms with E-state index in [1.165, 1.54) is 0 Å². The number of nitrogens with two attached hydrogens (primary N) is 1. The maximum Gasteiger partial charge on any atom is 0.416 e. The van der Waals surface area contributed by atoms with Crippen LogP contribution in [0.1, 0.15) is 5.56 Å². The van der Waals surface area contributed by atoms with Crippen molar-refractivity contribution < 1.29 is 13.2 Å². The van der Waals surface area contributed by atoms with E-state index in [9.17, 15) is 13.2 Å². The molecule has 20 heavy (non-hydrogen) atoms. The lowest BCUT2D eigenvalue weighted by molar-refractivity contribution is -0.137. The third kappa shape index (κ3) is 3.85. The molecule has 0 bridgehead atoms. The number of nitrogens with zero attached hydrogens (tertiary/aromatic N) is 2. The number of nitriles is 1. The topological polar surface area (TPSA) is 98.0 Å². The minimum Gasteiger partial charge on any atom is -0.382 e. The van der Waals surface area contributed by atoms with Gasteiger partial charge in [-0.15, -0.1) is 0 Å². The van der Waals surface area contributed by atoms with E-state index in [0.717, 1.165) is 6.07 Å². The average molecular weight is 369 g/mol. The number of benzene rings is 1. The molecule has 0 spiro atoms. The van der Waals surface area contributed by atoms with Gasteiger partial charge >= 0.3 is 6.18 Å². The monoisotopic (exact) mass is 367 g/mol. The second-order valence-corrected chi connectivity index (χ2v) is 4.67. The van der Waals surface area contributed by atoms with E-state index in [2.05, 4.69) is 26.5 Å². The van der Waals surface area contributed by atoms with Gasteiger partial charge in [0.25, 0.3) is 0 Å². The van der Waals surface area contributed by atoms with Gasteiger partial charge in [-0.1, -0.05) is 11.6 Å². The Hall–Kier alpha value is -1.79. The molecule has 0 radical (unpaired) electrons. The first-order chi connectivity index (χ1) is 9.16. The molecule has 10 heteroatoms. The Morgan fingerprint density at radius 3 is 2.50 bits per heavy atom. The molecule has 4 N–H and O–H groups in total. The van der Waals surface area contributed by atoms with E-state index in [0.29, 0.717) is 6.07 Å². The van der Waals surface area contributed by atoms with Gasteiger partial charge in [0.2, 0.25) is 5.71 Å². The van der Waals surface area contributed by atoms with E-state index in [-0.39, 0.29) is 15.2 Å². The second-order valence-electron chi connectivity index (χ2n) is 3.41. The second kappa shape index (κ2) is 6.11. The Bertz CT molecular complexity index is 597. The molecular weight excluding hydrogens is 362 g/mol. The van der Waals surface area contributed by atoms with Crippen LogP contribution in [-0.2, 0) is 6.18 Å². The zero-order valence-corrected chi connectivity index (χ0v) is 11.9. The first-order valence-corrected chi connectivity index (χ1v) is 5.98. The Labute approximate surface area is 124 Å². The molecule has 106 valence electrons. The molecule has 0 aromatic heterocycles. The number of hydrazone groups is 1. The normalized spacial score (nSPS) is 11.9. The van der Waals surface area contributed by atoms with Crippen LogP contribution < -0.4 is 11.2 Å². The third-order valence-corrected chi connectivity index (χ3v) is 2.93. The van der Waals surface area contributed by atoms with Crippen LogP contribution >= 0.6 is 27.5 Å². The number of rotatable bonds is 3. The molecule has 0 atom stereocenters. The number of anilines is 1. The highest BCUT2D eigenvalue weighted by molar-refractivity contribution is 9.10. The molecule has 5 nitrogen and oxygen atoms in total. The van der Waals surface area contributed by atoms with Crippen LogP contribution in [0.4, 0.5) is 18.9 Å². The summed E-state index contributed by atoms with van der Waals surface area (Å²) in [4.78, 5) is 0. The van der Waals surface area contributed by atoms with Gasteiger partial charge in [0, 0.05) is 4.47 Å². The van der Waals surface area contributed by atoms with Crippen LogP contribution in [0.3, 0.4) is 0 Å². The minimum atomic E-state index is -4.54. The van der Waals surface area contributed by atoms with Gasteiger partial charge in [0.05, 0.1) is 16.3 Å². The third-order valence-electron chi connectivity index (χ3n) is 2.01. The molecular formula is C10H6BrClF3N5. The van der Waals surface area contributed by atoms with E-state index < -0.39 is 23.3 Å². The van der Waals surface area contributed by atoms with Gasteiger partial charge in [-0.3, -0.25) is 10.8 Å². The predicted octanol–water partition coefficient (Wildman–Crippen LogP) is 3.35. The molecule has 0 aliphatic heterocycles. The van der Waals surface area contributed by atoms with Gasteiger partial charge in [-0.05, 0) is 28.1 Å². The van der Waals surface area contributed by atoms with E-state index in [1.54, 1.807) is 6.07 Å². The summed E-state index contributed by atoms with van der Waals surface area (Å²) >= 11 is 8.63. The summed E-state index contributed by atoms with van der Waals surface area (Å²) in [6, 6.07) is 3.07. The fourth-order valence-corrected chi connectivity index (χ4v) is 2.03. The van der Waals surface area contributed by atoms with Crippen molar-refractivity contribution in [1.29, 1.82) is 10.7 Å². The van der Waals surface area contributed by atoms with Crippen LogP contribution in [0.25, 0.3) is 0 Å². The molecule has 0 amide bonds. The molecule has 1 aromatic rings. The molecule has 0 unspecified atom stereocenters. The van der Waals surface area contributed by atoms with Crippen molar-refractivity contribution in [3.05, 3.63) is 27.2 Å². The fourth-order valence-electron chi connectivity index (χ4n) is 1.10. The smallest absolute Gasteiger partial charge is 0.382 e. The maximum atomic E-state index is 12.5. The largest absolute Gasteiger partial charge is 0.416 e. The lowest BCUT2D eigenvalue weighted by Gasteiger charge is -2.12. The molecule has 1 rings (SSSR count). The predicted molar refractivity (Wildman–Crippen MR) is 72.7 cm³/mol. The highest BCUT2D eigenvalue weighted by atomic mass is 79.9. The standard InChI is InChI=1S/C10H6BrClF3N5/c11-5-1-4(10(13,14)15)2-6(12)8(5)20-19-7(3-16)9(17)18/h1-2,20H,(H3,17,18)/b19-7+. The first kappa shape index (κ1) is 16.3. The lowest BCUT2D eigenvalue weighted by atomic mass is 10.2. The van der Waals surface area contributed by atoms with Crippen molar-refractivity contribution in [3.63, 3.8) is 0 Å². The molecule has 0 heterocycles. The summed E-state index contributed by atoms with van der Waals surface area (Å²) in [7, 11) is 0. The average Bonchev–Trinajstić information content (AvgIpc) is 2.30. The van der Waals surface area contributed by atoms with E-state index >= 15 is 0 Å². The molecule has 1 aromatic carbocycles. The Kier molecular flexibility index (Phi) is 4.97. The van der Waals surface area contributed by atoms with Crippen molar-refractivity contribution in [3.8, 4) is 6.07 Å². The zero-order chi connectivity index (χ0) is 15.5. The van der Waals surface area contributed by atoms with Gasteiger partial charge in [-0.25, -0.2) is 0 Å². The first-order valence-electron chi connectivity index (χ1n) is 4.81. The summed E-state index contributed by atoms with van der Waals surface area (Å²) in [6.07, 6.45) is -4.54. The summed E-state index contributed by atoms with van der Waals surface area (Å²) in [6.45, 7) is 0. The SMILES string of the molecule is N#C/C(=N\Nc1c(Cl)cc(C(F)(F)F)cc1Br)C(=N)N.